The normalized spacial score (nSPS) is 25.7. The number of rotatable bonds is 4. The van der Waals surface area contributed by atoms with Gasteiger partial charge in [0.2, 0.25) is 0 Å². The Labute approximate surface area is 150 Å². The monoisotopic (exact) mass is 348 g/mol. The van der Waals surface area contributed by atoms with Crippen LogP contribution in [0.3, 0.4) is 0 Å². The van der Waals surface area contributed by atoms with Crippen molar-refractivity contribution >= 4 is 6.03 Å². The number of hydrogen-bond acceptors (Lipinski definition) is 4. The summed E-state index contributed by atoms with van der Waals surface area (Å²) in [4.78, 5) is 19.5. The fourth-order valence-electron chi connectivity index (χ4n) is 4.33. The van der Waals surface area contributed by atoms with Crippen LogP contribution in [0.4, 0.5) is 4.79 Å². The second kappa shape index (κ2) is 7.74. The minimum atomic E-state index is 0.0926. The fourth-order valence-corrected chi connectivity index (χ4v) is 4.33. The van der Waals surface area contributed by atoms with E-state index in [-0.39, 0.29) is 12.1 Å². The Bertz CT molecular complexity index is 586. The Hall–Kier alpha value is -1.60. The molecule has 0 radical (unpaired) electrons. The zero-order valence-electron chi connectivity index (χ0n) is 16.0. The average molecular weight is 348 g/mol. The Balaban J connectivity index is 1.61. The maximum atomic E-state index is 12.9. The minimum Gasteiger partial charge on any atom is -0.336 e. The first-order valence-corrected chi connectivity index (χ1v) is 9.33. The Kier molecular flexibility index (Phi) is 5.64. The molecule has 0 aliphatic carbocycles. The van der Waals surface area contributed by atoms with E-state index in [2.05, 4.69) is 32.2 Å². The van der Waals surface area contributed by atoms with Crippen LogP contribution < -0.4 is 5.32 Å². The third-order valence-corrected chi connectivity index (χ3v) is 5.71. The molecular formula is C18H32N6O. The minimum absolute atomic E-state index is 0.0926. The highest BCUT2D eigenvalue weighted by Crippen LogP contribution is 2.30. The lowest BCUT2D eigenvalue weighted by Gasteiger charge is -2.46. The molecule has 3 unspecified atom stereocenters. The van der Waals surface area contributed by atoms with Gasteiger partial charge in [0.05, 0.1) is 12.2 Å². The van der Waals surface area contributed by atoms with E-state index in [0.717, 1.165) is 38.0 Å². The average Bonchev–Trinajstić information content (AvgIpc) is 2.99. The van der Waals surface area contributed by atoms with Gasteiger partial charge in [-0.2, -0.15) is 5.10 Å². The van der Waals surface area contributed by atoms with E-state index in [1.807, 2.05) is 33.5 Å². The summed E-state index contributed by atoms with van der Waals surface area (Å²) in [6.07, 6.45) is 7.35. The highest BCUT2D eigenvalue weighted by molar-refractivity contribution is 5.74. The van der Waals surface area contributed by atoms with Crippen molar-refractivity contribution in [3.8, 4) is 0 Å². The number of urea groups is 1. The van der Waals surface area contributed by atoms with Crippen LogP contribution >= 0.6 is 0 Å². The predicted octanol–water partition coefficient (Wildman–Crippen LogP) is 1.15. The first-order chi connectivity index (χ1) is 12.0. The topological polar surface area (TPSA) is 56.6 Å². The predicted molar refractivity (Wildman–Crippen MR) is 98.4 cm³/mol. The molecule has 25 heavy (non-hydrogen) atoms. The summed E-state index contributed by atoms with van der Waals surface area (Å²) in [5.41, 5.74) is 1.13. The van der Waals surface area contributed by atoms with Gasteiger partial charge in [0.15, 0.2) is 0 Å². The van der Waals surface area contributed by atoms with Crippen LogP contribution in [0.15, 0.2) is 12.4 Å². The Morgan fingerprint density at radius 2 is 2.16 bits per heavy atom. The van der Waals surface area contributed by atoms with Gasteiger partial charge < -0.3 is 20.0 Å². The first-order valence-electron chi connectivity index (χ1n) is 9.33. The van der Waals surface area contributed by atoms with Gasteiger partial charge in [-0.15, -0.1) is 0 Å². The molecule has 1 N–H and O–H groups in total. The van der Waals surface area contributed by atoms with Gasteiger partial charge in [-0.1, -0.05) is 0 Å². The van der Waals surface area contributed by atoms with E-state index < -0.39 is 0 Å². The van der Waals surface area contributed by atoms with Gasteiger partial charge in [0.1, 0.15) is 0 Å². The third-order valence-electron chi connectivity index (χ3n) is 5.71. The number of amides is 2. The molecule has 0 spiro atoms. The molecule has 2 aliphatic rings. The summed E-state index contributed by atoms with van der Waals surface area (Å²) < 4.78 is 1.81. The van der Waals surface area contributed by atoms with Gasteiger partial charge in [0, 0.05) is 44.5 Å². The number of carbonyl (C=O) groups excluding carboxylic acids is 1. The lowest BCUT2D eigenvalue weighted by atomic mass is 9.84. The molecule has 140 valence electrons. The molecular weight excluding hydrogens is 316 g/mol. The molecule has 0 bridgehead atoms. The number of hydrogen-bond donors (Lipinski definition) is 1. The van der Waals surface area contributed by atoms with Gasteiger partial charge in [-0.25, -0.2) is 4.79 Å². The van der Waals surface area contributed by atoms with E-state index in [0.29, 0.717) is 18.5 Å². The second-order valence-electron chi connectivity index (χ2n) is 7.83. The summed E-state index contributed by atoms with van der Waals surface area (Å²) in [6.45, 7) is 3.69. The number of nitrogens with zero attached hydrogens (tertiary/aromatic N) is 5. The molecule has 2 amide bonds. The van der Waals surface area contributed by atoms with Crippen LogP contribution in [-0.4, -0.2) is 83.9 Å². The van der Waals surface area contributed by atoms with Crippen LogP contribution in [0.2, 0.25) is 0 Å². The standard InChI is InChI=1S/C18H32N6O/c1-21(2)17(15-10-20-23(4)13-15)11-19-18(25)24-8-5-6-14-12-22(3)9-7-16(14)24/h10,13-14,16-17H,5-9,11-12H2,1-4H3,(H,19,25). The second-order valence-corrected chi connectivity index (χ2v) is 7.83. The SMILES string of the molecule is CN1CCC2C(CCCN2C(=O)NCC(c2cnn(C)c2)N(C)C)C1. The molecule has 0 aromatic carbocycles. The molecule has 2 fully saturated rings. The lowest BCUT2D eigenvalue weighted by Crippen LogP contribution is -2.57. The van der Waals surface area contributed by atoms with Crippen molar-refractivity contribution < 1.29 is 4.79 Å². The van der Waals surface area contributed by atoms with Crippen molar-refractivity contribution in [3.63, 3.8) is 0 Å². The Morgan fingerprint density at radius 3 is 2.84 bits per heavy atom. The summed E-state index contributed by atoms with van der Waals surface area (Å²) in [5, 5.41) is 7.44. The summed E-state index contributed by atoms with van der Waals surface area (Å²) in [5.74, 6) is 0.626. The number of likely N-dealkylation sites (N-methyl/N-ethyl adjacent to an activating group) is 1. The molecule has 1 aromatic rings. The smallest absolute Gasteiger partial charge is 0.317 e. The zero-order chi connectivity index (χ0) is 18.0. The van der Waals surface area contributed by atoms with Gasteiger partial charge in [-0.05, 0) is 52.9 Å². The molecule has 2 saturated heterocycles. The molecule has 0 saturated carbocycles. The molecule has 7 heteroatoms. The van der Waals surface area contributed by atoms with E-state index in [1.54, 1.807) is 4.68 Å². The highest BCUT2D eigenvalue weighted by Gasteiger charge is 2.37. The molecule has 3 heterocycles. The maximum Gasteiger partial charge on any atom is 0.317 e. The molecule has 3 rings (SSSR count). The van der Waals surface area contributed by atoms with E-state index in [4.69, 9.17) is 0 Å². The van der Waals surface area contributed by atoms with Crippen molar-refractivity contribution in [3.05, 3.63) is 18.0 Å². The summed E-state index contributed by atoms with van der Waals surface area (Å²) in [7, 11) is 8.18. The van der Waals surface area contributed by atoms with Gasteiger partial charge >= 0.3 is 6.03 Å². The quantitative estimate of drug-likeness (QED) is 0.887. The fraction of sp³-hybridized carbons (Fsp3) is 0.778. The zero-order valence-corrected chi connectivity index (χ0v) is 16.0. The number of nitrogens with one attached hydrogen (secondary N) is 1. The van der Waals surface area contributed by atoms with Gasteiger partial charge in [0.25, 0.3) is 0 Å². The van der Waals surface area contributed by atoms with E-state index >= 15 is 0 Å². The van der Waals surface area contributed by atoms with E-state index in [1.165, 1.54) is 6.42 Å². The molecule has 1 aromatic heterocycles. The van der Waals surface area contributed by atoms with Crippen LogP contribution in [0.5, 0.6) is 0 Å². The number of aromatic nitrogens is 2. The largest absolute Gasteiger partial charge is 0.336 e. The highest BCUT2D eigenvalue weighted by atomic mass is 16.2. The summed E-state index contributed by atoms with van der Waals surface area (Å²) >= 11 is 0. The number of fused-ring (bicyclic) bond motifs is 1. The maximum absolute atomic E-state index is 12.9. The van der Waals surface area contributed by atoms with E-state index in [9.17, 15) is 4.79 Å². The van der Waals surface area contributed by atoms with Gasteiger partial charge in [-0.3, -0.25) is 4.68 Å². The van der Waals surface area contributed by atoms with Crippen molar-refractivity contribution in [2.45, 2.75) is 31.3 Å². The van der Waals surface area contributed by atoms with Crippen LogP contribution in [-0.2, 0) is 7.05 Å². The van der Waals surface area contributed by atoms with Crippen LogP contribution in [0.1, 0.15) is 30.9 Å². The Morgan fingerprint density at radius 1 is 1.36 bits per heavy atom. The first kappa shape index (κ1) is 18.2. The molecule has 7 nitrogen and oxygen atoms in total. The van der Waals surface area contributed by atoms with Crippen LogP contribution in [0.25, 0.3) is 0 Å². The van der Waals surface area contributed by atoms with Crippen molar-refractivity contribution in [1.82, 2.24) is 29.8 Å². The number of aryl methyl sites for hydroxylation is 1. The number of carbonyl (C=O) groups is 1. The van der Waals surface area contributed by atoms with Crippen molar-refractivity contribution in [1.29, 1.82) is 0 Å². The third kappa shape index (κ3) is 4.15. The van der Waals surface area contributed by atoms with Crippen molar-refractivity contribution in [2.24, 2.45) is 13.0 Å². The summed E-state index contributed by atoms with van der Waals surface area (Å²) in [6, 6.07) is 0.631. The number of piperidine rings is 2. The van der Waals surface area contributed by atoms with Crippen molar-refractivity contribution in [2.75, 3.05) is 47.3 Å². The molecule has 2 aliphatic heterocycles. The number of likely N-dealkylation sites (tertiary alicyclic amines) is 2. The molecule has 3 atom stereocenters. The van der Waals surface area contributed by atoms with Crippen LogP contribution in [0, 0.1) is 5.92 Å². The lowest BCUT2D eigenvalue weighted by molar-refractivity contribution is 0.0528.